The predicted molar refractivity (Wildman–Crippen MR) is 123 cm³/mol. The van der Waals surface area contributed by atoms with Crippen LogP contribution >= 0.6 is 24.0 Å². The first-order chi connectivity index (χ1) is 12.4. The smallest absolute Gasteiger partial charge is 0.193 e. The fourth-order valence-corrected chi connectivity index (χ4v) is 2.63. The average molecular weight is 484 g/mol. The number of methoxy groups -OCH3 is 2. The molecule has 2 rings (SSSR count). The minimum Gasteiger partial charge on any atom is -0.497 e. The van der Waals surface area contributed by atoms with Crippen molar-refractivity contribution in [3.8, 4) is 11.5 Å². The van der Waals surface area contributed by atoms with E-state index in [4.69, 9.17) is 15.2 Å². The van der Waals surface area contributed by atoms with Crippen molar-refractivity contribution in [1.29, 1.82) is 0 Å². The SMILES string of the molecule is COc1ccc(OC)c(NC(N)=NCC(c2ccc(C)cc2)N(C)C)c1.I. The van der Waals surface area contributed by atoms with Gasteiger partial charge in [0, 0.05) is 6.07 Å². The second-order valence-electron chi connectivity index (χ2n) is 6.31. The number of hydrogen-bond donors (Lipinski definition) is 2. The zero-order valence-electron chi connectivity index (χ0n) is 16.5. The predicted octanol–water partition coefficient (Wildman–Crippen LogP) is 3.66. The number of ether oxygens (including phenoxy) is 2. The number of halogens is 1. The van der Waals surface area contributed by atoms with Gasteiger partial charge in [-0.3, -0.25) is 4.99 Å². The van der Waals surface area contributed by atoms with Crippen molar-refractivity contribution in [3.05, 3.63) is 53.6 Å². The molecule has 7 heteroatoms. The maximum absolute atomic E-state index is 6.10. The maximum Gasteiger partial charge on any atom is 0.193 e. The summed E-state index contributed by atoms with van der Waals surface area (Å²) in [5, 5.41) is 3.10. The highest BCUT2D eigenvalue weighted by atomic mass is 127. The Morgan fingerprint density at radius 3 is 2.33 bits per heavy atom. The minimum atomic E-state index is 0. The lowest BCUT2D eigenvalue weighted by Crippen LogP contribution is -2.27. The Hall–Kier alpha value is -2.00. The van der Waals surface area contributed by atoms with E-state index in [1.54, 1.807) is 14.2 Å². The number of hydrogen-bond acceptors (Lipinski definition) is 4. The summed E-state index contributed by atoms with van der Waals surface area (Å²) >= 11 is 0. The van der Waals surface area contributed by atoms with Crippen LogP contribution in [-0.4, -0.2) is 45.7 Å². The van der Waals surface area contributed by atoms with E-state index in [-0.39, 0.29) is 30.0 Å². The maximum atomic E-state index is 6.10. The minimum absolute atomic E-state index is 0. The van der Waals surface area contributed by atoms with Gasteiger partial charge in [-0.2, -0.15) is 0 Å². The Bertz CT molecular complexity index is 748. The summed E-state index contributed by atoms with van der Waals surface area (Å²) in [6.07, 6.45) is 0. The summed E-state index contributed by atoms with van der Waals surface area (Å²) in [5.41, 5.74) is 9.25. The number of nitrogens with zero attached hydrogens (tertiary/aromatic N) is 2. The van der Waals surface area contributed by atoms with E-state index in [9.17, 15) is 0 Å². The highest BCUT2D eigenvalue weighted by Gasteiger charge is 2.14. The summed E-state index contributed by atoms with van der Waals surface area (Å²) in [4.78, 5) is 6.65. The van der Waals surface area contributed by atoms with Gasteiger partial charge in [0.1, 0.15) is 11.5 Å². The van der Waals surface area contributed by atoms with Crippen molar-refractivity contribution in [1.82, 2.24) is 4.90 Å². The molecule has 2 aromatic rings. The molecule has 6 nitrogen and oxygen atoms in total. The highest BCUT2D eigenvalue weighted by Crippen LogP contribution is 2.28. The number of rotatable bonds is 7. The molecule has 0 spiro atoms. The zero-order valence-corrected chi connectivity index (χ0v) is 18.9. The fourth-order valence-electron chi connectivity index (χ4n) is 2.63. The van der Waals surface area contributed by atoms with Gasteiger partial charge in [0.2, 0.25) is 0 Å². The van der Waals surface area contributed by atoms with Gasteiger partial charge in [-0.25, -0.2) is 0 Å². The summed E-state index contributed by atoms with van der Waals surface area (Å²) in [7, 11) is 7.30. The standard InChI is InChI=1S/C20H28N4O2.HI/c1-14-6-8-15(9-7-14)18(24(2)3)13-22-20(21)23-17-12-16(25-4)10-11-19(17)26-5;/h6-12,18H,13H2,1-5H3,(H3,21,22,23);1H. The molecule has 0 radical (unpaired) electrons. The Kier molecular flexibility index (Phi) is 9.37. The van der Waals surface area contributed by atoms with Gasteiger partial charge in [-0.05, 0) is 38.7 Å². The molecule has 1 atom stereocenters. The first kappa shape index (κ1) is 23.0. The van der Waals surface area contributed by atoms with Crippen molar-refractivity contribution < 1.29 is 9.47 Å². The van der Waals surface area contributed by atoms with E-state index in [1.165, 1.54) is 11.1 Å². The second kappa shape index (κ2) is 11.0. The molecule has 0 aliphatic heterocycles. The zero-order chi connectivity index (χ0) is 19.1. The van der Waals surface area contributed by atoms with Gasteiger partial charge >= 0.3 is 0 Å². The van der Waals surface area contributed by atoms with Gasteiger partial charge in [-0.1, -0.05) is 29.8 Å². The highest BCUT2D eigenvalue weighted by molar-refractivity contribution is 14.0. The van der Waals surface area contributed by atoms with Crippen LogP contribution in [0.15, 0.2) is 47.5 Å². The third-order valence-corrected chi connectivity index (χ3v) is 4.19. The number of aliphatic imine (C=N–C) groups is 1. The number of guanidine groups is 1. The molecule has 0 bridgehead atoms. The number of nitrogens with two attached hydrogens (primary N) is 1. The van der Waals surface area contributed by atoms with Gasteiger partial charge in [0.05, 0.1) is 32.5 Å². The molecular weight excluding hydrogens is 455 g/mol. The molecule has 27 heavy (non-hydrogen) atoms. The van der Waals surface area contributed by atoms with Gasteiger partial charge in [0.25, 0.3) is 0 Å². The molecule has 1 unspecified atom stereocenters. The number of likely N-dealkylation sites (N-methyl/N-ethyl adjacent to an activating group) is 1. The first-order valence-corrected chi connectivity index (χ1v) is 8.46. The van der Waals surface area contributed by atoms with E-state index < -0.39 is 0 Å². The second-order valence-corrected chi connectivity index (χ2v) is 6.31. The molecule has 0 aliphatic rings. The number of benzene rings is 2. The molecule has 148 valence electrons. The third-order valence-electron chi connectivity index (χ3n) is 4.19. The quantitative estimate of drug-likeness (QED) is 0.357. The molecule has 0 fully saturated rings. The van der Waals surface area contributed by atoms with E-state index in [1.807, 2.05) is 32.3 Å². The van der Waals surface area contributed by atoms with Crippen LogP contribution in [0.3, 0.4) is 0 Å². The van der Waals surface area contributed by atoms with Crippen LogP contribution in [0, 0.1) is 6.92 Å². The van der Waals surface area contributed by atoms with E-state index in [0.717, 1.165) is 0 Å². The van der Waals surface area contributed by atoms with Crippen molar-refractivity contribution >= 4 is 35.6 Å². The number of nitrogens with one attached hydrogen (secondary N) is 1. The lowest BCUT2D eigenvalue weighted by molar-refractivity contribution is 0.306. The summed E-state index contributed by atoms with van der Waals surface area (Å²) in [6.45, 7) is 2.62. The summed E-state index contributed by atoms with van der Waals surface area (Å²) < 4.78 is 10.6. The third kappa shape index (κ3) is 6.59. The molecule has 0 saturated carbocycles. The Balaban J connectivity index is 0.00000364. The molecule has 0 heterocycles. The van der Waals surface area contributed by atoms with E-state index in [2.05, 4.69) is 46.4 Å². The normalized spacial score (nSPS) is 12.3. The van der Waals surface area contributed by atoms with Crippen LogP contribution in [0.25, 0.3) is 0 Å². The molecule has 0 aliphatic carbocycles. The van der Waals surface area contributed by atoms with Crippen LogP contribution in [0.4, 0.5) is 5.69 Å². The molecule has 0 aromatic heterocycles. The van der Waals surface area contributed by atoms with Crippen LogP contribution < -0.4 is 20.5 Å². The van der Waals surface area contributed by atoms with Crippen LogP contribution in [-0.2, 0) is 0 Å². The van der Waals surface area contributed by atoms with Crippen LogP contribution in [0.1, 0.15) is 17.2 Å². The van der Waals surface area contributed by atoms with Crippen molar-refractivity contribution in [2.24, 2.45) is 10.7 Å². The van der Waals surface area contributed by atoms with Gasteiger partial charge < -0.3 is 25.4 Å². The lowest BCUT2D eigenvalue weighted by atomic mass is 10.0. The Labute approximate surface area is 178 Å². The fraction of sp³-hybridized carbons (Fsp3) is 0.350. The Morgan fingerprint density at radius 1 is 1.11 bits per heavy atom. The van der Waals surface area contributed by atoms with Gasteiger partial charge in [0.15, 0.2) is 5.96 Å². The molecule has 0 saturated heterocycles. The van der Waals surface area contributed by atoms with Crippen molar-refractivity contribution in [2.75, 3.05) is 40.2 Å². The topological polar surface area (TPSA) is 72.1 Å². The average Bonchev–Trinajstić information content (AvgIpc) is 2.63. The Morgan fingerprint density at radius 2 is 1.78 bits per heavy atom. The van der Waals surface area contributed by atoms with Crippen molar-refractivity contribution in [3.63, 3.8) is 0 Å². The van der Waals surface area contributed by atoms with Crippen LogP contribution in [0.2, 0.25) is 0 Å². The van der Waals surface area contributed by atoms with Crippen molar-refractivity contribution in [2.45, 2.75) is 13.0 Å². The van der Waals surface area contributed by atoms with Gasteiger partial charge in [-0.15, -0.1) is 24.0 Å². The van der Waals surface area contributed by atoms with E-state index >= 15 is 0 Å². The molecule has 2 aromatic carbocycles. The number of anilines is 1. The molecule has 0 amide bonds. The lowest BCUT2D eigenvalue weighted by Gasteiger charge is -2.23. The monoisotopic (exact) mass is 484 g/mol. The van der Waals surface area contributed by atoms with E-state index in [0.29, 0.717) is 29.7 Å². The molecular formula is C20H29IN4O2. The first-order valence-electron chi connectivity index (χ1n) is 8.46. The summed E-state index contributed by atoms with van der Waals surface area (Å²) in [6, 6.07) is 14.1. The van der Waals surface area contributed by atoms with Crippen LogP contribution in [0.5, 0.6) is 11.5 Å². The number of aryl methyl sites for hydroxylation is 1. The largest absolute Gasteiger partial charge is 0.497 e. The summed E-state index contributed by atoms with van der Waals surface area (Å²) in [5.74, 6) is 1.72. The molecule has 3 N–H and O–H groups in total.